The molecule has 0 N–H and O–H groups in total. The van der Waals surface area contributed by atoms with Crippen molar-refractivity contribution in [2.75, 3.05) is 39.4 Å². The third kappa shape index (κ3) is 4.22. The maximum atomic E-state index is 14.1. The van der Waals surface area contributed by atoms with Crippen LogP contribution in [-0.4, -0.2) is 65.9 Å². The van der Waals surface area contributed by atoms with Crippen molar-refractivity contribution in [3.05, 3.63) is 65.7 Å². The van der Waals surface area contributed by atoms with E-state index >= 15 is 0 Å². The summed E-state index contributed by atoms with van der Waals surface area (Å²) < 4.78 is 26.2. The van der Waals surface area contributed by atoms with E-state index in [1.807, 2.05) is 6.07 Å². The largest absolute Gasteiger partial charge is 0.347 e. The second-order valence-electron chi connectivity index (χ2n) is 7.23. The van der Waals surface area contributed by atoms with Gasteiger partial charge in [-0.05, 0) is 24.6 Å². The minimum absolute atomic E-state index is 0.0794. The molecule has 2 aliphatic rings. The van der Waals surface area contributed by atoms with Crippen molar-refractivity contribution in [1.29, 1.82) is 0 Å². The fraction of sp³-hybridized carbons (Fsp3) is 0.429. The van der Waals surface area contributed by atoms with Crippen molar-refractivity contribution in [3.8, 4) is 0 Å². The van der Waals surface area contributed by atoms with Gasteiger partial charge in [0, 0.05) is 37.6 Å². The predicted octanol–water partition coefficient (Wildman–Crippen LogP) is 2.31. The number of ether oxygens (including phenoxy) is 2. The Bertz CT molecular complexity index is 820. The number of carbonyl (C=O) groups is 1. The van der Waals surface area contributed by atoms with Crippen molar-refractivity contribution in [2.24, 2.45) is 0 Å². The van der Waals surface area contributed by atoms with Gasteiger partial charge in [0.2, 0.25) is 0 Å². The molecule has 1 spiro atoms. The summed E-state index contributed by atoms with van der Waals surface area (Å²) in [5, 5.41) is 0. The molecule has 6 nitrogen and oxygen atoms in total. The van der Waals surface area contributed by atoms with Crippen LogP contribution < -0.4 is 0 Å². The Morgan fingerprint density at radius 3 is 2.79 bits per heavy atom. The minimum atomic E-state index is -0.891. The molecule has 4 rings (SSSR count). The number of pyridine rings is 1. The van der Waals surface area contributed by atoms with E-state index in [-0.39, 0.29) is 11.7 Å². The number of nitrogens with zero attached hydrogens (tertiary/aromatic N) is 3. The molecule has 28 heavy (non-hydrogen) atoms. The van der Waals surface area contributed by atoms with E-state index in [4.69, 9.17) is 9.47 Å². The fourth-order valence-corrected chi connectivity index (χ4v) is 3.80. The lowest BCUT2D eigenvalue weighted by Gasteiger charge is -2.43. The first-order chi connectivity index (χ1) is 13.7. The number of carbonyl (C=O) groups excluding carboxylic acids is 1. The van der Waals surface area contributed by atoms with E-state index in [9.17, 15) is 9.18 Å². The van der Waals surface area contributed by atoms with Gasteiger partial charge in [-0.15, -0.1) is 0 Å². The number of hydrogen-bond acceptors (Lipinski definition) is 5. The number of rotatable bonds is 3. The lowest BCUT2D eigenvalue weighted by molar-refractivity contribution is -0.261. The summed E-state index contributed by atoms with van der Waals surface area (Å²) in [5.41, 5.74) is 1.20. The Labute approximate surface area is 163 Å². The molecule has 2 saturated heterocycles. The molecule has 0 radical (unpaired) electrons. The van der Waals surface area contributed by atoms with E-state index in [0.717, 1.165) is 13.0 Å². The number of hydrogen-bond donors (Lipinski definition) is 0. The molecule has 3 heterocycles. The van der Waals surface area contributed by atoms with Crippen LogP contribution in [0.4, 0.5) is 4.39 Å². The van der Waals surface area contributed by atoms with Crippen LogP contribution >= 0.6 is 0 Å². The van der Waals surface area contributed by atoms with Gasteiger partial charge in [0.15, 0.2) is 5.79 Å². The summed E-state index contributed by atoms with van der Waals surface area (Å²) in [5.74, 6) is -1.18. The Morgan fingerprint density at radius 2 is 1.96 bits per heavy atom. The summed E-state index contributed by atoms with van der Waals surface area (Å²) in [7, 11) is 0. The highest BCUT2D eigenvalue weighted by molar-refractivity contribution is 5.94. The first kappa shape index (κ1) is 19.0. The van der Waals surface area contributed by atoms with E-state index in [0.29, 0.717) is 50.5 Å². The van der Waals surface area contributed by atoms with Gasteiger partial charge in [0.1, 0.15) is 5.82 Å². The monoisotopic (exact) mass is 385 g/mol. The van der Waals surface area contributed by atoms with E-state index in [1.165, 1.54) is 6.07 Å². The van der Waals surface area contributed by atoms with Crippen molar-refractivity contribution in [1.82, 2.24) is 14.8 Å². The molecule has 0 aliphatic carbocycles. The molecule has 1 amide bonds. The summed E-state index contributed by atoms with van der Waals surface area (Å²) in [6.45, 7) is 3.55. The quantitative estimate of drug-likeness (QED) is 0.812. The van der Waals surface area contributed by atoms with E-state index in [2.05, 4.69) is 9.88 Å². The second-order valence-corrected chi connectivity index (χ2v) is 7.23. The van der Waals surface area contributed by atoms with Gasteiger partial charge in [-0.3, -0.25) is 14.7 Å². The molecule has 0 saturated carbocycles. The Kier molecular flexibility index (Phi) is 5.66. The van der Waals surface area contributed by atoms with Crippen molar-refractivity contribution in [2.45, 2.75) is 18.8 Å². The third-order valence-electron chi connectivity index (χ3n) is 5.15. The normalized spacial score (nSPS) is 23.5. The van der Waals surface area contributed by atoms with E-state index < -0.39 is 5.79 Å². The average Bonchev–Trinajstić information content (AvgIpc) is 2.92. The minimum Gasteiger partial charge on any atom is -0.347 e. The SMILES string of the molecule is O=C(c1cccnc1)N1CCOC2(CN(Cc3ccccc3F)CCCO2)C1. The van der Waals surface area contributed by atoms with Gasteiger partial charge in [-0.1, -0.05) is 18.2 Å². The maximum absolute atomic E-state index is 14.1. The number of amides is 1. The summed E-state index contributed by atoms with van der Waals surface area (Å²) in [4.78, 5) is 20.8. The summed E-state index contributed by atoms with van der Waals surface area (Å²) in [6, 6.07) is 10.3. The second kappa shape index (κ2) is 8.34. The summed E-state index contributed by atoms with van der Waals surface area (Å²) >= 11 is 0. The van der Waals surface area contributed by atoms with Gasteiger partial charge >= 0.3 is 0 Å². The van der Waals surface area contributed by atoms with Gasteiger partial charge < -0.3 is 14.4 Å². The van der Waals surface area contributed by atoms with Crippen LogP contribution in [0.15, 0.2) is 48.8 Å². The standard InChI is InChI=1S/C21H24FN3O3/c22-19-7-2-1-5-18(19)14-24-9-4-11-27-21(15-24)16-25(10-12-28-21)20(26)17-6-3-8-23-13-17/h1-3,5-8,13H,4,9-12,14-16H2. The molecule has 0 bridgehead atoms. The van der Waals surface area contributed by atoms with Gasteiger partial charge in [0.25, 0.3) is 5.91 Å². The molecule has 1 aromatic heterocycles. The zero-order chi connectivity index (χ0) is 19.4. The molecular weight excluding hydrogens is 361 g/mol. The molecule has 2 fully saturated rings. The van der Waals surface area contributed by atoms with Crippen molar-refractivity contribution in [3.63, 3.8) is 0 Å². The smallest absolute Gasteiger partial charge is 0.255 e. The van der Waals surface area contributed by atoms with Crippen LogP contribution in [0.1, 0.15) is 22.3 Å². The van der Waals surface area contributed by atoms with Crippen molar-refractivity contribution < 1.29 is 18.7 Å². The Balaban J connectivity index is 1.49. The zero-order valence-corrected chi connectivity index (χ0v) is 15.7. The highest BCUT2D eigenvalue weighted by atomic mass is 19.1. The highest BCUT2D eigenvalue weighted by Crippen LogP contribution is 2.26. The number of morpholine rings is 1. The Morgan fingerprint density at radius 1 is 1.11 bits per heavy atom. The van der Waals surface area contributed by atoms with Crippen molar-refractivity contribution >= 4 is 5.91 Å². The lowest BCUT2D eigenvalue weighted by atomic mass is 10.1. The van der Waals surface area contributed by atoms with E-state index in [1.54, 1.807) is 41.6 Å². The van der Waals surface area contributed by atoms with Crippen LogP contribution in [0.5, 0.6) is 0 Å². The average molecular weight is 385 g/mol. The van der Waals surface area contributed by atoms with Gasteiger partial charge in [-0.25, -0.2) is 4.39 Å². The van der Waals surface area contributed by atoms with Gasteiger partial charge in [0.05, 0.1) is 31.9 Å². The third-order valence-corrected chi connectivity index (χ3v) is 5.15. The highest BCUT2D eigenvalue weighted by Gasteiger charge is 2.42. The van der Waals surface area contributed by atoms with Gasteiger partial charge in [-0.2, -0.15) is 0 Å². The molecule has 1 unspecified atom stereocenters. The molecule has 1 aromatic carbocycles. The first-order valence-corrected chi connectivity index (χ1v) is 9.58. The summed E-state index contributed by atoms with van der Waals surface area (Å²) in [6.07, 6.45) is 4.05. The lowest BCUT2D eigenvalue weighted by Crippen LogP contribution is -2.59. The molecule has 1 atom stereocenters. The molecule has 2 aliphatic heterocycles. The van der Waals surface area contributed by atoms with Crippen LogP contribution in [0, 0.1) is 5.82 Å². The number of aromatic nitrogens is 1. The Hall–Kier alpha value is -2.35. The molecule has 7 heteroatoms. The number of benzene rings is 1. The molecule has 2 aromatic rings. The van der Waals surface area contributed by atoms with Crippen LogP contribution in [0.3, 0.4) is 0 Å². The number of halogens is 1. The first-order valence-electron chi connectivity index (χ1n) is 9.58. The van der Waals surface area contributed by atoms with Crippen LogP contribution in [0.2, 0.25) is 0 Å². The fourth-order valence-electron chi connectivity index (χ4n) is 3.80. The zero-order valence-electron chi connectivity index (χ0n) is 15.7. The molecule has 148 valence electrons. The van der Waals surface area contributed by atoms with Crippen LogP contribution in [0.25, 0.3) is 0 Å². The maximum Gasteiger partial charge on any atom is 0.255 e. The van der Waals surface area contributed by atoms with Crippen LogP contribution in [-0.2, 0) is 16.0 Å². The topological polar surface area (TPSA) is 54.9 Å². The predicted molar refractivity (Wildman–Crippen MR) is 101 cm³/mol. The molecular formula is C21H24FN3O3.